The van der Waals surface area contributed by atoms with E-state index < -0.39 is 25.4 Å². The van der Waals surface area contributed by atoms with Gasteiger partial charge in [-0.25, -0.2) is 0 Å². The molecule has 1 aromatic carbocycles. The van der Waals surface area contributed by atoms with E-state index in [2.05, 4.69) is 4.65 Å². The molecule has 0 aliphatic carbocycles. The van der Waals surface area contributed by atoms with E-state index in [-0.39, 0.29) is 24.5 Å². The molecule has 0 spiro atoms. The summed E-state index contributed by atoms with van der Waals surface area (Å²) in [5, 5.41) is 17.3. The Morgan fingerprint density at radius 2 is 1.79 bits per heavy atom. The van der Waals surface area contributed by atoms with E-state index >= 15 is 0 Å². The number of alkyl halides is 3. The van der Waals surface area contributed by atoms with E-state index in [4.69, 9.17) is 19.5 Å². The van der Waals surface area contributed by atoms with Gasteiger partial charge in [0, 0.05) is 5.56 Å². The minimum absolute atomic E-state index is 0.1000. The lowest BCUT2D eigenvalue weighted by atomic mass is 10.1. The molecule has 1 saturated heterocycles. The maximum Gasteiger partial charge on any atom is 0.707 e. The second-order valence-corrected chi connectivity index (χ2v) is 3.81. The van der Waals surface area contributed by atoms with Gasteiger partial charge < -0.3 is 24.2 Å². The molecule has 5 nitrogen and oxygen atoms in total. The van der Waals surface area contributed by atoms with Gasteiger partial charge in [-0.2, -0.15) is 13.2 Å². The van der Waals surface area contributed by atoms with E-state index in [1.165, 1.54) is 6.07 Å². The Labute approximate surface area is 106 Å². The summed E-state index contributed by atoms with van der Waals surface area (Å²) in [5.74, 6) is -0.334. The van der Waals surface area contributed by atoms with Crippen LogP contribution in [0, 0.1) is 0 Å². The zero-order chi connectivity index (χ0) is 14.0. The van der Waals surface area contributed by atoms with E-state index in [0.29, 0.717) is 6.07 Å². The van der Waals surface area contributed by atoms with Crippen molar-refractivity contribution >= 4 is 7.32 Å². The summed E-state index contributed by atoms with van der Waals surface area (Å²) >= 11 is 0. The van der Waals surface area contributed by atoms with Crippen LogP contribution in [0.3, 0.4) is 0 Å². The quantitative estimate of drug-likeness (QED) is 0.810. The first kappa shape index (κ1) is 14.1. The van der Waals surface area contributed by atoms with Gasteiger partial charge in [-0.1, -0.05) is 0 Å². The van der Waals surface area contributed by atoms with Crippen molar-refractivity contribution < 1.29 is 37.3 Å². The molecule has 9 heteroatoms. The van der Waals surface area contributed by atoms with Crippen molar-refractivity contribution in [1.82, 2.24) is 0 Å². The first-order valence-electron chi connectivity index (χ1n) is 5.34. The second kappa shape index (κ2) is 5.37. The van der Waals surface area contributed by atoms with Crippen LogP contribution in [0.2, 0.25) is 0 Å². The number of hydrogen-bond donors (Lipinski definition) is 2. The smallest absolute Gasteiger partial charge is 0.512 e. The van der Waals surface area contributed by atoms with Crippen LogP contribution in [-0.4, -0.2) is 30.6 Å². The van der Waals surface area contributed by atoms with Crippen molar-refractivity contribution in [3.05, 3.63) is 29.3 Å². The summed E-state index contributed by atoms with van der Waals surface area (Å²) in [5.41, 5.74) is -0.886. The Balaban J connectivity index is 2.36. The molecule has 0 radical (unpaired) electrons. The van der Waals surface area contributed by atoms with Crippen LogP contribution in [-0.2, 0) is 15.7 Å². The predicted molar refractivity (Wildman–Crippen MR) is 56.9 cm³/mol. The van der Waals surface area contributed by atoms with E-state index in [9.17, 15) is 13.2 Å². The molecule has 1 aliphatic heterocycles. The Bertz CT molecular complexity index is 445. The molecule has 1 aromatic rings. The molecular weight excluding hydrogens is 268 g/mol. The molecular formula is C10H10BF3O5. The van der Waals surface area contributed by atoms with Crippen molar-refractivity contribution in [2.75, 3.05) is 13.2 Å². The van der Waals surface area contributed by atoms with Crippen LogP contribution in [0.15, 0.2) is 18.2 Å². The Hall–Kier alpha value is -1.29. The Morgan fingerprint density at radius 1 is 1.16 bits per heavy atom. The van der Waals surface area contributed by atoms with Crippen molar-refractivity contribution in [3.8, 4) is 5.75 Å². The van der Waals surface area contributed by atoms with Gasteiger partial charge in [-0.15, -0.1) is 0 Å². The lowest BCUT2D eigenvalue weighted by Crippen LogP contribution is -2.21. The molecule has 19 heavy (non-hydrogen) atoms. The summed E-state index contributed by atoms with van der Waals surface area (Å²) in [4.78, 5) is 0. The van der Waals surface area contributed by atoms with Crippen molar-refractivity contribution in [1.29, 1.82) is 0 Å². The van der Waals surface area contributed by atoms with Gasteiger partial charge in [-0.3, -0.25) is 0 Å². The van der Waals surface area contributed by atoms with Crippen LogP contribution in [0.5, 0.6) is 5.75 Å². The van der Waals surface area contributed by atoms with Crippen molar-refractivity contribution in [3.63, 3.8) is 0 Å². The van der Waals surface area contributed by atoms with Gasteiger partial charge in [0.2, 0.25) is 0 Å². The van der Waals surface area contributed by atoms with Crippen molar-refractivity contribution in [2.24, 2.45) is 0 Å². The van der Waals surface area contributed by atoms with Crippen LogP contribution in [0.25, 0.3) is 0 Å². The zero-order valence-corrected chi connectivity index (χ0v) is 9.55. The van der Waals surface area contributed by atoms with Gasteiger partial charge in [-0.05, 0) is 18.2 Å². The van der Waals surface area contributed by atoms with Crippen LogP contribution < -0.4 is 4.65 Å². The molecule has 1 fully saturated rings. The fraction of sp³-hybridized carbons (Fsp3) is 0.400. The highest BCUT2D eigenvalue weighted by Gasteiger charge is 2.33. The number of hydrogen-bond acceptors (Lipinski definition) is 5. The first-order valence-corrected chi connectivity index (χ1v) is 5.34. The molecule has 0 bridgehead atoms. The summed E-state index contributed by atoms with van der Waals surface area (Å²) in [6, 6.07) is 2.73. The summed E-state index contributed by atoms with van der Waals surface area (Å²) in [7, 11) is -2.21. The minimum Gasteiger partial charge on any atom is -0.512 e. The van der Waals surface area contributed by atoms with E-state index in [0.717, 1.165) is 6.07 Å². The third-order valence-electron chi connectivity index (χ3n) is 2.39. The van der Waals surface area contributed by atoms with Crippen LogP contribution in [0.1, 0.15) is 17.4 Å². The molecule has 0 aromatic heterocycles. The maximum absolute atomic E-state index is 12.7. The molecule has 0 amide bonds. The summed E-state index contributed by atoms with van der Waals surface area (Å²) in [6.07, 6.45) is -5.51. The monoisotopic (exact) mass is 278 g/mol. The number of halogens is 3. The Morgan fingerprint density at radius 3 is 2.32 bits per heavy atom. The summed E-state index contributed by atoms with van der Waals surface area (Å²) < 4.78 is 52.8. The average Bonchev–Trinajstić information content (AvgIpc) is 2.79. The lowest BCUT2D eigenvalue weighted by Gasteiger charge is -2.15. The van der Waals surface area contributed by atoms with Gasteiger partial charge in [0.15, 0.2) is 6.29 Å². The van der Waals surface area contributed by atoms with Crippen LogP contribution >= 0.6 is 0 Å². The summed E-state index contributed by atoms with van der Waals surface area (Å²) in [6.45, 7) is 0.555. The highest BCUT2D eigenvalue weighted by molar-refractivity contribution is 6.33. The number of rotatable bonds is 3. The van der Waals surface area contributed by atoms with Gasteiger partial charge in [0.25, 0.3) is 0 Å². The molecule has 0 saturated carbocycles. The molecule has 2 N–H and O–H groups in total. The fourth-order valence-corrected chi connectivity index (χ4v) is 1.66. The highest BCUT2D eigenvalue weighted by atomic mass is 19.4. The normalized spacial score (nSPS) is 16.7. The molecule has 0 atom stereocenters. The molecule has 104 valence electrons. The fourth-order valence-electron chi connectivity index (χ4n) is 1.66. The highest BCUT2D eigenvalue weighted by Crippen LogP contribution is 2.35. The Kier molecular flexibility index (Phi) is 4.00. The molecule has 2 rings (SSSR count). The minimum atomic E-state index is -4.59. The predicted octanol–water partition coefficient (Wildman–Crippen LogP) is 1.10. The van der Waals surface area contributed by atoms with Crippen LogP contribution in [0.4, 0.5) is 13.2 Å². The molecule has 0 unspecified atom stereocenters. The lowest BCUT2D eigenvalue weighted by molar-refractivity contribution is -0.138. The largest absolute Gasteiger partial charge is 0.707 e. The number of benzene rings is 1. The van der Waals surface area contributed by atoms with Gasteiger partial charge in [0.05, 0.1) is 18.8 Å². The first-order chi connectivity index (χ1) is 8.86. The standard InChI is InChI=1S/C10H10BF3O5/c12-10(13,14)7-3-6(9-17-1-2-18-9)4-8(5-7)19-11(15)16/h3-5,9,15-16H,1-2H2. The van der Waals surface area contributed by atoms with E-state index in [1.807, 2.05) is 0 Å². The van der Waals surface area contributed by atoms with Gasteiger partial charge >= 0.3 is 13.5 Å². The second-order valence-electron chi connectivity index (χ2n) is 3.81. The third kappa shape index (κ3) is 3.60. The third-order valence-corrected chi connectivity index (χ3v) is 2.39. The molecule has 1 aliphatic rings. The van der Waals surface area contributed by atoms with Gasteiger partial charge in [0.1, 0.15) is 5.75 Å². The SMILES string of the molecule is OB(O)Oc1cc(C2OCCO2)cc(C(F)(F)F)c1. The molecule has 1 heterocycles. The maximum atomic E-state index is 12.7. The zero-order valence-electron chi connectivity index (χ0n) is 9.55. The van der Waals surface area contributed by atoms with E-state index in [1.54, 1.807) is 0 Å². The topological polar surface area (TPSA) is 68.2 Å². The number of ether oxygens (including phenoxy) is 2. The van der Waals surface area contributed by atoms with Crippen molar-refractivity contribution in [2.45, 2.75) is 12.5 Å². The average molecular weight is 278 g/mol.